The van der Waals surface area contributed by atoms with Crippen LogP contribution in [0.5, 0.6) is 11.5 Å². The quantitative estimate of drug-likeness (QED) is 0.930. The number of ketones is 1. The average Bonchev–Trinajstić information content (AvgIpc) is 2.53. The smallest absolute Gasteiger partial charge is 0.225 e. The van der Waals surface area contributed by atoms with Crippen LogP contribution in [0.2, 0.25) is 0 Å². The summed E-state index contributed by atoms with van der Waals surface area (Å²) in [7, 11) is 3.16. The lowest BCUT2D eigenvalue weighted by Gasteiger charge is -2.31. The Morgan fingerprint density at radius 1 is 1.09 bits per heavy atom. The largest absolute Gasteiger partial charge is 0.493 e. The molecule has 1 N–H and O–H groups in total. The summed E-state index contributed by atoms with van der Waals surface area (Å²) >= 11 is 0. The number of carbonyl (C=O) groups is 2. The Bertz CT molecular complexity index is 663. The van der Waals surface area contributed by atoms with Crippen molar-refractivity contribution in [2.75, 3.05) is 14.2 Å². The molecule has 22 heavy (non-hydrogen) atoms. The van der Waals surface area contributed by atoms with Crippen molar-refractivity contribution < 1.29 is 19.1 Å². The molecule has 1 heterocycles. The summed E-state index contributed by atoms with van der Waals surface area (Å²) in [5.41, 5.74) is 2.47. The van der Waals surface area contributed by atoms with Crippen molar-refractivity contribution in [1.82, 2.24) is 5.32 Å². The SMILES string of the molecule is COc1ccc([C@H]2CC(=O)NC3=C2C(=O)CCC3)cc1OC. The molecule has 1 amide bonds. The Balaban J connectivity index is 2.05. The number of allylic oxidation sites excluding steroid dienone is 2. The van der Waals surface area contributed by atoms with Gasteiger partial charge >= 0.3 is 0 Å². The van der Waals surface area contributed by atoms with Crippen LogP contribution in [0.3, 0.4) is 0 Å². The normalized spacial score (nSPS) is 21.3. The molecule has 0 saturated carbocycles. The maximum Gasteiger partial charge on any atom is 0.225 e. The molecule has 0 radical (unpaired) electrons. The molecule has 5 nitrogen and oxygen atoms in total. The van der Waals surface area contributed by atoms with Crippen LogP contribution in [0, 0.1) is 0 Å². The van der Waals surface area contributed by atoms with E-state index in [0.29, 0.717) is 24.3 Å². The van der Waals surface area contributed by atoms with E-state index in [0.717, 1.165) is 29.7 Å². The highest BCUT2D eigenvalue weighted by Gasteiger charge is 2.35. The maximum atomic E-state index is 12.3. The number of nitrogens with one attached hydrogen (secondary N) is 1. The van der Waals surface area contributed by atoms with Gasteiger partial charge in [-0.3, -0.25) is 9.59 Å². The molecule has 116 valence electrons. The van der Waals surface area contributed by atoms with E-state index in [9.17, 15) is 9.59 Å². The minimum Gasteiger partial charge on any atom is -0.493 e. The third-order valence-corrected chi connectivity index (χ3v) is 4.29. The first-order valence-electron chi connectivity index (χ1n) is 7.42. The number of amides is 1. The number of Topliss-reactive ketones (excluding diaryl/α,β-unsaturated/α-hetero) is 1. The second-order valence-corrected chi connectivity index (χ2v) is 5.59. The predicted molar refractivity (Wildman–Crippen MR) is 80.9 cm³/mol. The van der Waals surface area contributed by atoms with E-state index < -0.39 is 0 Å². The monoisotopic (exact) mass is 301 g/mol. The van der Waals surface area contributed by atoms with Gasteiger partial charge < -0.3 is 14.8 Å². The summed E-state index contributed by atoms with van der Waals surface area (Å²) in [6.07, 6.45) is 2.41. The van der Waals surface area contributed by atoms with Gasteiger partial charge in [0, 0.05) is 30.0 Å². The molecule has 0 bridgehead atoms. The molecule has 1 aliphatic carbocycles. The zero-order valence-electron chi connectivity index (χ0n) is 12.8. The summed E-state index contributed by atoms with van der Waals surface area (Å²) in [6, 6.07) is 5.57. The van der Waals surface area contributed by atoms with Crippen LogP contribution in [-0.4, -0.2) is 25.9 Å². The fourth-order valence-electron chi connectivity index (χ4n) is 3.26. The molecule has 1 aromatic carbocycles. The third-order valence-electron chi connectivity index (χ3n) is 4.29. The van der Waals surface area contributed by atoms with Crippen molar-refractivity contribution in [3.63, 3.8) is 0 Å². The summed E-state index contributed by atoms with van der Waals surface area (Å²) in [4.78, 5) is 24.3. The summed E-state index contributed by atoms with van der Waals surface area (Å²) in [5.74, 6) is 1.15. The molecule has 0 saturated heterocycles. The summed E-state index contributed by atoms with van der Waals surface area (Å²) < 4.78 is 10.6. The van der Waals surface area contributed by atoms with Crippen molar-refractivity contribution in [1.29, 1.82) is 0 Å². The van der Waals surface area contributed by atoms with E-state index >= 15 is 0 Å². The highest BCUT2D eigenvalue weighted by atomic mass is 16.5. The van der Waals surface area contributed by atoms with Crippen LogP contribution in [0.15, 0.2) is 29.5 Å². The minimum absolute atomic E-state index is 0.0340. The van der Waals surface area contributed by atoms with Gasteiger partial charge in [-0.2, -0.15) is 0 Å². The van der Waals surface area contributed by atoms with Crippen molar-refractivity contribution in [3.8, 4) is 11.5 Å². The van der Waals surface area contributed by atoms with Crippen LogP contribution >= 0.6 is 0 Å². The summed E-state index contributed by atoms with van der Waals surface area (Å²) in [5, 5.41) is 2.86. The third kappa shape index (κ3) is 2.47. The van der Waals surface area contributed by atoms with Crippen LogP contribution in [0.1, 0.15) is 37.2 Å². The van der Waals surface area contributed by atoms with Crippen LogP contribution in [0.4, 0.5) is 0 Å². The molecule has 0 fully saturated rings. The highest BCUT2D eigenvalue weighted by Crippen LogP contribution is 2.40. The Morgan fingerprint density at radius 3 is 2.59 bits per heavy atom. The first-order chi connectivity index (χ1) is 10.6. The van der Waals surface area contributed by atoms with Gasteiger partial charge in [0.2, 0.25) is 5.91 Å². The number of carbonyl (C=O) groups excluding carboxylic acids is 2. The van der Waals surface area contributed by atoms with Gasteiger partial charge in [-0.1, -0.05) is 6.07 Å². The Morgan fingerprint density at radius 2 is 1.86 bits per heavy atom. The Hall–Kier alpha value is -2.30. The zero-order valence-corrected chi connectivity index (χ0v) is 12.8. The number of rotatable bonds is 3. The topological polar surface area (TPSA) is 64.6 Å². The molecule has 0 aromatic heterocycles. The fourth-order valence-corrected chi connectivity index (χ4v) is 3.26. The molecule has 0 unspecified atom stereocenters. The van der Waals surface area contributed by atoms with Gasteiger partial charge in [0.1, 0.15) is 0 Å². The highest BCUT2D eigenvalue weighted by molar-refractivity contribution is 6.01. The van der Waals surface area contributed by atoms with Gasteiger partial charge in [0.05, 0.1) is 14.2 Å². The molecule has 1 aliphatic heterocycles. The zero-order chi connectivity index (χ0) is 15.7. The number of hydrogen-bond donors (Lipinski definition) is 1. The lowest BCUT2D eigenvalue weighted by Crippen LogP contribution is -2.36. The summed E-state index contributed by atoms with van der Waals surface area (Å²) in [6.45, 7) is 0. The first kappa shape index (κ1) is 14.6. The average molecular weight is 301 g/mol. The predicted octanol–water partition coefficient (Wildman–Crippen LogP) is 2.31. The number of ether oxygens (including phenoxy) is 2. The van der Waals surface area contributed by atoms with Gasteiger partial charge in [0.25, 0.3) is 0 Å². The van der Waals surface area contributed by atoms with Crippen LogP contribution in [-0.2, 0) is 9.59 Å². The molecule has 1 atom stereocenters. The van der Waals surface area contributed by atoms with Gasteiger partial charge in [-0.25, -0.2) is 0 Å². The van der Waals surface area contributed by atoms with Crippen molar-refractivity contribution >= 4 is 11.7 Å². The molecule has 0 spiro atoms. The lowest BCUT2D eigenvalue weighted by atomic mass is 9.78. The second kappa shape index (κ2) is 5.83. The van der Waals surface area contributed by atoms with E-state index in [1.54, 1.807) is 14.2 Å². The number of methoxy groups -OCH3 is 2. The standard InChI is InChI=1S/C17H19NO4/c1-21-14-7-6-10(8-15(14)22-2)11-9-16(20)18-12-4-3-5-13(19)17(11)12/h6-8,11H,3-5,9H2,1-2H3,(H,18,20)/t11-/m1/s1. The molecule has 5 heteroatoms. The van der Waals surface area contributed by atoms with E-state index in [-0.39, 0.29) is 17.6 Å². The maximum absolute atomic E-state index is 12.3. The molecule has 2 aliphatic rings. The number of hydrogen-bond acceptors (Lipinski definition) is 4. The van der Waals surface area contributed by atoms with Crippen molar-refractivity contribution in [2.45, 2.75) is 31.6 Å². The van der Waals surface area contributed by atoms with Gasteiger partial charge in [-0.15, -0.1) is 0 Å². The molecular formula is C17H19NO4. The van der Waals surface area contributed by atoms with E-state index in [4.69, 9.17) is 9.47 Å². The van der Waals surface area contributed by atoms with Crippen LogP contribution < -0.4 is 14.8 Å². The molecule has 3 rings (SSSR count). The van der Waals surface area contributed by atoms with Crippen molar-refractivity contribution in [2.24, 2.45) is 0 Å². The lowest BCUT2D eigenvalue weighted by molar-refractivity contribution is -0.122. The van der Waals surface area contributed by atoms with E-state index in [2.05, 4.69) is 5.32 Å². The van der Waals surface area contributed by atoms with E-state index in [1.165, 1.54) is 0 Å². The minimum atomic E-state index is -0.198. The van der Waals surface area contributed by atoms with Gasteiger partial charge in [-0.05, 0) is 30.5 Å². The molecule has 1 aromatic rings. The van der Waals surface area contributed by atoms with Gasteiger partial charge in [0.15, 0.2) is 17.3 Å². The van der Waals surface area contributed by atoms with Crippen molar-refractivity contribution in [3.05, 3.63) is 35.0 Å². The van der Waals surface area contributed by atoms with Crippen LogP contribution in [0.25, 0.3) is 0 Å². The van der Waals surface area contributed by atoms with E-state index in [1.807, 2.05) is 18.2 Å². The number of benzene rings is 1. The Labute approximate surface area is 129 Å². The fraction of sp³-hybridized carbons (Fsp3) is 0.412. The second-order valence-electron chi connectivity index (χ2n) is 5.59. The molecular weight excluding hydrogens is 282 g/mol. The first-order valence-corrected chi connectivity index (χ1v) is 7.42. The Kier molecular flexibility index (Phi) is 3.88.